The number of aromatic nitrogens is 2. The van der Waals surface area contributed by atoms with Gasteiger partial charge in [-0.1, -0.05) is 13.3 Å². The van der Waals surface area contributed by atoms with Crippen LogP contribution in [0.1, 0.15) is 38.6 Å². The van der Waals surface area contributed by atoms with Crippen LogP contribution in [0.25, 0.3) is 10.9 Å². The lowest BCUT2D eigenvalue weighted by molar-refractivity contribution is 0.154. The molecule has 0 aliphatic carbocycles. The van der Waals surface area contributed by atoms with Crippen LogP contribution in [0.5, 0.6) is 5.75 Å². The van der Waals surface area contributed by atoms with Gasteiger partial charge in [0.2, 0.25) is 0 Å². The van der Waals surface area contributed by atoms with Gasteiger partial charge in [-0.15, -0.1) is 0 Å². The summed E-state index contributed by atoms with van der Waals surface area (Å²) < 4.78 is 22.1. The summed E-state index contributed by atoms with van der Waals surface area (Å²) in [5, 5.41) is 3.58. The van der Waals surface area contributed by atoms with Gasteiger partial charge in [0.25, 0.3) is 5.56 Å². The van der Waals surface area contributed by atoms with Crippen LogP contribution in [0.15, 0.2) is 15.3 Å². The molecule has 0 saturated carbocycles. The van der Waals surface area contributed by atoms with Crippen molar-refractivity contribution in [3.05, 3.63) is 32.5 Å². The quantitative estimate of drug-likeness (QED) is 0.747. The van der Waals surface area contributed by atoms with Gasteiger partial charge in [0, 0.05) is 38.8 Å². The number of piperazine rings is 1. The third-order valence-corrected chi connectivity index (χ3v) is 5.89. The molecule has 1 fully saturated rings. The lowest BCUT2D eigenvalue weighted by atomic mass is 10.1. The summed E-state index contributed by atoms with van der Waals surface area (Å²) in [5.74, 6) is 0.401. The summed E-state index contributed by atoms with van der Waals surface area (Å²) in [6, 6.07) is 1.27. The van der Waals surface area contributed by atoms with Crippen LogP contribution >= 0.6 is 15.9 Å². The molecule has 1 atom stereocenters. The Kier molecular flexibility index (Phi) is 6.49. The highest BCUT2D eigenvalue weighted by Crippen LogP contribution is 2.34. The molecule has 1 unspecified atom stereocenters. The molecule has 0 radical (unpaired) electrons. The Morgan fingerprint density at radius 2 is 2.07 bits per heavy atom. The minimum Gasteiger partial charge on any atom is -0.495 e. The fraction of sp³-hybridized carbons (Fsp3) is 0.579. The van der Waals surface area contributed by atoms with Gasteiger partial charge in [0.05, 0.1) is 23.0 Å². The number of hydrogen-bond donors (Lipinski definition) is 1. The van der Waals surface area contributed by atoms with Crippen molar-refractivity contribution >= 4 is 26.8 Å². The van der Waals surface area contributed by atoms with Crippen LogP contribution in [-0.4, -0.2) is 47.7 Å². The van der Waals surface area contributed by atoms with E-state index >= 15 is 0 Å². The van der Waals surface area contributed by atoms with Gasteiger partial charge in [0.15, 0.2) is 5.82 Å². The highest BCUT2D eigenvalue weighted by molar-refractivity contribution is 9.10. The summed E-state index contributed by atoms with van der Waals surface area (Å²) in [7, 11) is 1.45. The van der Waals surface area contributed by atoms with Crippen LogP contribution in [0.3, 0.4) is 0 Å². The molecular weight excluding hydrogens is 415 g/mol. The lowest BCUT2D eigenvalue weighted by Crippen LogP contribution is -2.46. The topological polar surface area (TPSA) is 59.4 Å². The molecule has 0 amide bonds. The van der Waals surface area contributed by atoms with Crippen molar-refractivity contribution in [2.24, 2.45) is 0 Å². The molecule has 1 aliphatic rings. The van der Waals surface area contributed by atoms with Crippen molar-refractivity contribution in [2.45, 2.75) is 39.3 Å². The predicted molar refractivity (Wildman–Crippen MR) is 108 cm³/mol. The number of rotatable bonds is 6. The van der Waals surface area contributed by atoms with E-state index in [9.17, 15) is 9.18 Å². The molecule has 2 aromatic rings. The van der Waals surface area contributed by atoms with Crippen molar-refractivity contribution < 1.29 is 9.13 Å². The molecule has 1 N–H and O–H groups in total. The van der Waals surface area contributed by atoms with Crippen LogP contribution in [-0.2, 0) is 6.54 Å². The fourth-order valence-electron chi connectivity index (χ4n) is 3.76. The van der Waals surface area contributed by atoms with E-state index in [2.05, 4.69) is 38.1 Å². The van der Waals surface area contributed by atoms with Crippen LogP contribution in [0.4, 0.5) is 4.39 Å². The van der Waals surface area contributed by atoms with E-state index in [0.717, 1.165) is 39.0 Å². The van der Waals surface area contributed by atoms with Crippen molar-refractivity contribution in [2.75, 3.05) is 33.3 Å². The first-order valence-corrected chi connectivity index (χ1v) is 10.2. The van der Waals surface area contributed by atoms with E-state index in [1.165, 1.54) is 13.2 Å². The number of halogens is 2. The van der Waals surface area contributed by atoms with Crippen LogP contribution in [0, 0.1) is 5.82 Å². The molecule has 6 nitrogen and oxygen atoms in total. The smallest absolute Gasteiger partial charge is 0.262 e. The van der Waals surface area contributed by atoms with Gasteiger partial charge in [-0.05, 0) is 29.3 Å². The molecule has 0 bridgehead atoms. The molecule has 27 heavy (non-hydrogen) atoms. The number of nitrogens with zero attached hydrogens (tertiary/aromatic N) is 3. The van der Waals surface area contributed by atoms with E-state index in [-0.39, 0.29) is 22.5 Å². The molecule has 148 valence electrons. The van der Waals surface area contributed by atoms with Crippen LogP contribution in [0.2, 0.25) is 0 Å². The minimum atomic E-state index is -0.540. The molecule has 1 saturated heterocycles. The number of benzene rings is 1. The molecule has 8 heteroatoms. The Balaban J connectivity index is 2.25. The molecule has 1 aromatic heterocycles. The Morgan fingerprint density at radius 3 is 2.67 bits per heavy atom. The number of methoxy groups -OCH3 is 1. The second-order valence-electron chi connectivity index (χ2n) is 6.71. The first-order valence-electron chi connectivity index (χ1n) is 9.44. The molecular formula is C19H26BrFN4O2. The summed E-state index contributed by atoms with van der Waals surface area (Å²) in [5.41, 5.74) is -0.137. The zero-order valence-corrected chi connectivity index (χ0v) is 17.6. The lowest BCUT2D eigenvalue weighted by Gasteiger charge is -2.35. The highest BCUT2D eigenvalue weighted by Gasteiger charge is 2.28. The van der Waals surface area contributed by atoms with Gasteiger partial charge >= 0.3 is 0 Å². The molecule has 2 heterocycles. The maximum Gasteiger partial charge on any atom is 0.262 e. The summed E-state index contributed by atoms with van der Waals surface area (Å²) in [6.07, 6.45) is 1.83. The van der Waals surface area contributed by atoms with Gasteiger partial charge in [0.1, 0.15) is 17.1 Å². The summed E-state index contributed by atoms with van der Waals surface area (Å²) in [6.45, 7) is 8.10. The van der Waals surface area contributed by atoms with Gasteiger partial charge in [-0.2, -0.15) is 0 Å². The standard InChI is InChI=1S/C19H26BrFN4O2/c1-4-6-13(24-9-7-22-8-10-24)18-23-17-12(21)11-14(27-3)16(20)15(17)19(26)25(18)5-2/h11,13,22H,4-10H2,1-3H3. The average Bonchev–Trinajstić information content (AvgIpc) is 2.69. The maximum atomic E-state index is 14.8. The number of ether oxygens (including phenoxy) is 1. The van der Waals surface area contributed by atoms with Gasteiger partial charge in [-0.3, -0.25) is 14.3 Å². The average molecular weight is 441 g/mol. The Morgan fingerprint density at radius 1 is 1.37 bits per heavy atom. The largest absolute Gasteiger partial charge is 0.495 e. The fourth-order valence-corrected chi connectivity index (χ4v) is 4.40. The summed E-state index contributed by atoms with van der Waals surface area (Å²) >= 11 is 3.40. The molecule has 1 aromatic carbocycles. The number of hydrogen-bond acceptors (Lipinski definition) is 5. The normalized spacial score (nSPS) is 16.6. The van der Waals surface area contributed by atoms with E-state index in [4.69, 9.17) is 4.74 Å². The number of fused-ring (bicyclic) bond motifs is 1. The maximum absolute atomic E-state index is 14.8. The highest BCUT2D eigenvalue weighted by atomic mass is 79.9. The van der Waals surface area contributed by atoms with Crippen molar-refractivity contribution in [1.82, 2.24) is 19.8 Å². The zero-order chi connectivity index (χ0) is 19.6. The van der Waals surface area contributed by atoms with Crippen LogP contribution < -0.4 is 15.6 Å². The van der Waals surface area contributed by atoms with Gasteiger partial charge in [-0.25, -0.2) is 9.37 Å². The van der Waals surface area contributed by atoms with E-state index in [0.29, 0.717) is 22.6 Å². The predicted octanol–water partition coefficient (Wildman–Crippen LogP) is 3.07. The van der Waals surface area contributed by atoms with E-state index in [1.54, 1.807) is 4.57 Å². The second-order valence-corrected chi connectivity index (χ2v) is 7.50. The summed E-state index contributed by atoms with van der Waals surface area (Å²) in [4.78, 5) is 20.3. The molecule has 0 spiro atoms. The van der Waals surface area contributed by atoms with E-state index < -0.39 is 5.82 Å². The number of nitrogens with one attached hydrogen (secondary N) is 1. The molecule has 1 aliphatic heterocycles. The monoisotopic (exact) mass is 440 g/mol. The van der Waals surface area contributed by atoms with Crippen molar-refractivity contribution in [1.29, 1.82) is 0 Å². The van der Waals surface area contributed by atoms with E-state index in [1.807, 2.05) is 6.92 Å². The Hall–Kier alpha value is -1.51. The van der Waals surface area contributed by atoms with Gasteiger partial charge < -0.3 is 10.1 Å². The zero-order valence-electron chi connectivity index (χ0n) is 16.0. The Labute approximate surface area is 166 Å². The first kappa shape index (κ1) is 20.2. The Bertz CT molecular complexity index is 880. The third kappa shape index (κ3) is 3.75. The first-order chi connectivity index (χ1) is 13.0. The second kappa shape index (κ2) is 8.67. The SMILES string of the molecule is CCCC(c1nc2c(F)cc(OC)c(Br)c2c(=O)n1CC)N1CCNCC1. The van der Waals surface area contributed by atoms with Crippen molar-refractivity contribution in [3.8, 4) is 5.75 Å². The van der Waals surface area contributed by atoms with Crippen molar-refractivity contribution in [3.63, 3.8) is 0 Å². The third-order valence-electron chi connectivity index (χ3n) is 5.11. The minimum absolute atomic E-state index is 0.00516. The molecule has 3 rings (SSSR count).